The minimum absolute atomic E-state index is 0.0946. The number of hydrogen-bond donors (Lipinski definition) is 1. The molecule has 0 bridgehead atoms. The quantitative estimate of drug-likeness (QED) is 0.774. The fourth-order valence-electron chi connectivity index (χ4n) is 3.08. The van der Waals surface area contributed by atoms with Gasteiger partial charge in [-0.25, -0.2) is 8.42 Å². The lowest BCUT2D eigenvalue weighted by molar-refractivity contribution is 0.0694. The Morgan fingerprint density at radius 3 is 2.05 bits per heavy atom. The monoisotopic (exact) mass is 290 g/mol. The summed E-state index contributed by atoms with van der Waals surface area (Å²) in [6.45, 7) is 9.17. The molecule has 19 heavy (non-hydrogen) atoms. The van der Waals surface area contributed by atoms with E-state index in [1.54, 1.807) is 0 Å². The first kappa shape index (κ1) is 16.9. The Morgan fingerprint density at radius 2 is 1.68 bits per heavy atom. The molecule has 0 atom stereocenters. The van der Waals surface area contributed by atoms with Crippen LogP contribution in [0, 0.1) is 5.92 Å². The second-order valence-electron chi connectivity index (χ2n) is 5.80. The maximum absolute atomic E-state index is 11.6. The maximum Gasteiger partial charge on any atom is 0.150 e. The van der Waals surface area contributed by atoms with E-state index in [0.29, 0.717) is 36.8 Å². The predicted octanol–water partition coefficient (Wildman–Crippen LogP) is 1.65. The SMILES string of the molecule is CCC(CC)CN(CC)C1(CN)CCS(=O)(=O)CC1. The van der Waals surface area contributed by atoms with Gasteiger partial charge in [-0.2, -0.15) is 0 Å². The molecular weight excluding hydrogens is 260 g/mol. The van der Waals surface area contributed by atoms with Crippen molar-refractivity contribution in [2.45, 2.75) is 52.0 Å². The van der Waals surface area contributed by atoms with Gasteiger partial charge < -0.3 is 5.73 Å². The molecule has 2 N–H and O–H groups in total. The fraction of sp³-hybridized carbons (Fsp3) is 1.00. The highest BCUT2D eigenvalue weighted by Crippen LogP contribution is 2.30. The van der Waals surface area contributed by atoms with E-state index in [1.165, 1.54) is 12.8 Å². The second-order valence-corrected chi connectivity index (χ2v) is 8.11. The molecule has 0 aromatic carbocycles. The van der Waals surface area contributed by atoms with Crippen molar-refractivity contribution in [3.63, 3.8) is 0 Å². The highest BCUT2D eigenvalue weighted by Gasteiger charge is 2.40. The third-order valence-corrected chi connectivity index (χ3v) is 6.47. The molecule has 1 aliphatic rings. The van der Waals surface area contributed by atoms with Crippen LogP contribution in [0.2, 0.25) is 0 Å². The van der Waals surface area contributed by atoms with Crippen LogP contribution in [-0.4, -0.2) is 50.0 Å². The summed E-state index contributed by atoms with van der Waals surface area (Å²) in [5.74, 6) is 1.27. The van der Waals surface area contributed by atoms with Crippen LogP contribution >= 0.6 is 0 Å². The number of hydrogen-bond acceptors (Lipinski definition) is 4. The number of rotatable bonds is 7. The third kappa shape index (κ3) is 4.17. The molecule has 0 aromatic rings. The van der Waals surface area contributed by atoms with Crippen molar-refractivity contribution in [1.82, 2.24) is 4.90 Å². The molecular formula is C14H30N2O2S. The van der Waals surface area contributed by atoms with Gasteiger partial charge in [-0.05, 0) is 25.3 Å². The van der Waals surface area contributed by atoms with Crippen molar-refractivity contribution in [3.05, 3.63) is 0 Å². The van der Waals surface area contributed by atoms with Gasteiger partial charge in [0.2, 0.25) is 0 Å². The summed E-state index contributed by atoms with van der Waals surface area (Å²) in [6.07, 6.45) is 3.73. The van der Waals surface area contributed by atoms with Gasteiger partial charge in [-0.1, -0.05) is 33.6 Å². The molecule has 114 valence electrons. The first-order valence-corrected chi connectivity index (χ1v) is 9.40. The van der Waals surface area contributed by atoms with Gasteiger partial charge in [0.1, 0.15) is 9.84 Å². The lowest BCUT2D eigenvalue weighted by atomic mass is 9.88. The summed E-state index contributed by atoms with van der Waals surface area (Å²) < 4.78 is 23.3. The molecule has 0 radical (unpaired) electrons. The maximum atomic E-state index is 11.6. The summed E-state index contributed by atoms with van der Waals surface area (Å²) >= 11 is 0. The largest absolute Gasteiger partial charge is 0.329 e. The number of sulfone groups is 1. The molecule has 5 heteroatoms. The summed E-state index contributed by atoms with van der Waals surface area (Å²) in [6, 6.07) is 0. The molecule has 0 aromatic heterocycles. The summed E-state index contributed by atoms with van der Waals surface area (Å²) in [7, 11) is -2.83. The molecule has 4 nitrogen and oxygen atoms in total. The van der Waals surface area contributed by atoms with E-state index in [4.69, 9.17) is 5.73 Å². The van der Waals surface area contributed by atoms with Crippen LogP contribution < -0.4 is 5.73 Å². The first-order valence-electron chi connectivity index (χ1n) is 7.58. The van der Waals surface area contributed by atoms with Crippen LogP contribution in [0.1, 0.15) is 46.5 Å². The Hall–Kier alpha value is -0.130. The summed E-state index contributed by atoms with van der Waals surface area (Å²) in [5, 5.41) is 0. The van der Waals surface area contributed by atoms with Gasteiger partial charge in [-0.3, -0.25) is 4.90 Å². The Morgan fingerprint density at radius 1 is 1.16 bits per heavy atom. The first-order chi connectivity index (χ1) is 8.93. The second kappa shape index (κ2) is 7.04. The van der Waals surface area contributed by atoms with Crippen LogP contribution in [0.4, 0.5) is 0 Å². The van der Waals surface area contributed by atoms with Crippen molar-refractivity contribution in [1.29, 1.82) is 0 Å². The molecule has 1 saturated heterocycles. The molecule has 1 fully saturated rings. The van der Waals surface area contributed by atoms with Gasteiger partial charge in [0, 0.05) is 18.6 Å². The molecule has 1 aliphatic heterocycles. The van der Waals surface area contributed by atoms with Crippen molar-refractivity contribution in [3.8, 4) is 0 Å². The molecule has 1 heterocycles. The lowest BCUT2D eigenvalue weighted by Crippen LogP contribution is -2.58. The Labute approximate surface area is 118 Å². The van der Waals surface area contributed by atoms with Crippen molar-refractivity contribution in [2.24, 2.45) is 11.7 Å². The summed E-state index contributed by atoms with van der Waals surface area (Å²) in [4.78, 5) is 2.44. The van der Waals surface area contributed by atoms with Crippen LogP contribution in [0.15, 0.2) is 0 Å². The summed E-state index contributed by atoms with van der Waals surface area (Å²) in [5.41, 5.74) is 5.93. The van der Waals surface area contributed by atoms with Gasteiger partial charge in [-0.15, -0.1) is 0 Å². The standard InChI is InChI=1S/C14H30N2O2S/c1-4-13(5-2)11-16(6-3)14(12-15)7-9-19(17,18)10-8-14/h13H,4-12,15H2,1-3H3. The van der Waals surface area contributed by atoms with Gasteiger partial charge >= 0.3 is 0 Å². The van der Waals surface area contributed by atoms with E-state index in [9.17, 15) is 8.42 Å². The zero-order valence-electron chi connectivity index (χ0n) is 12.7. The molecule has 0 spiro atoms. The van der Waals surface area contributed by atoms with Gasteiger partial charge in [0.15, 0.2) is 0 Å². The lowest BCUT2D eigenvalue weighted by Gasteiger charge is -2.46. The third-order valence-electron chi connectivity index (χ3n) is 4.82. The zero-order valence-corrected chi connectivity index (χ0v) is 13.5. The van der Waals surface area contributed by atoms with Crippen LogP contribution in [0.3, 0.4) is 0 Å². The molecule has 0 saturated carbocycles. The predicted molar refractivity (Wildman–Crippen MR) is 81.0 cm³/mol. The molecule has 0 aliphatic carbocycles. The topological polar surface area (TPSA) is 63.4 Å². The molecule has 0 amide bonds. The minimum atomic E-state index is -2.83. The van der Waals surface area contributed by atoms with Gasteiger partial charge in [0.05, 0.1) is 11.5 Å². The Bertz CT molecular complexity index is 350. The van der Waals surface area contributed by atoms with E-state index in [2.05, 4.69) is 25.7 Å². The van der Waals surface area contributed by atoms with Crippen molar-refractivity contribution < 1.29 is 8.42 Å². The zero-order chi connectivity index (χ0) is 14.5. The van der Waals surface area contributed by atoms with Gasteiger partial charge in [0.25, 0.3) is 0 Å². The Balaban J connectivity index is 2.81. The van der Waals surface area contributed by atoms with Crippen LogP contribution in [0.25, 0.3) is 0 Å². The normalized spacial score (nSPS) is 22.0. The van der Waals surface area contributed by atoms with Crippen LogP contribution in [-0.2, 0) is 9.84 Å². The number of nitrogens with zero attached hydrogens (tertiary/aromatic N) is 1. The van der Waals surface area contributed by atoms with E-state index in [1.807, 2.05) is 0 Å². The average molecular weight is 290 g/mol. The van der Waals surface area contributed by atoms with E-state index < -0.39 is 9.84 Å². The van der Waals surface area contributed by atoms with Crippen LogP contribution in [0.5, 0.6) is 0 Å². The highest BCUT2D eigenvalue weighted by molar-refractivity contribution is 7.91. The minimum Gasteiger partial charge on any atom is -0.329 e. The Kier molecular flexibility index (Phi) is 6.27. The number of nitrogens with two attached hydrogens (primary N) is 1. The molecule has 0 unspecified atom stereocenters. The smallest absolute Gasteiger partial charge is 0.150 e. The molecule has 1 rings (SSSR count). The average Bonchev–Trinajstić information content (AvgIpc) is 2.42. The van der Waals surface area contributed by atoms with E-state index >= 15 is 0 Å². The fourth-order valence-corrected chi connectivity index (χ4v) is 4.67. The highest BCUT2D eigenvalue weighted by atomic mass is 32.2. The van der Waals surface area contributed by atoms with Crippen molar-refractivity contribution >= 4 is 9.84 Å². The van der Waals surface area contributed by atoms with E-state index in [0.717, 1.165) is 13.1 Å². The van der Waals surface area contributed by atoms with Crippen molar-refractivity contribution in [2.75, 3.05) is 31.1 Å². The number of likely N-dealkylation sites (N-methyl/N-ethyl adjacent to an activating group) is 1. The van der Waals surface area contributed by atoms with E-state index in [-0.39, 0.29) is 5.54 Å².